The van der Waals surface area contributed by atoms with Crippen molar-refractivity contribution in [3.05, 3.63) is 53.1 Å². The van der Waals surface area contributed by atoms with E-state index in [1.165, 1.54) is 21.3 Å². The number of hydrogen-bond donors (Lipinski definition) is 2. The SMILES string of the molecule is COc1ccc(C(=O)NCC2(O)CCc3ccccc32)c(OC)c1OC. The molecule has 138 valence electrons. The van der Waals surface area contributed by atoms with Crippen LogP contribution in [0.1, 0.15) is 27.9 Å². The van der Waals surface area contributed by atoms with Crippen molar-refractivity contribution in [3.63, 3.8) is 0 Å². The minimum absolute atomic E-state index is 0.125. The second-order valence-electron chi connectivity index (χ2n) is 6.25. The summed E-state index contributed by atoms with van der Waals surface area (Å²) < 4.78 is 15.9. The average molecular weight is 357 g/mol. The molecule has 0 saturated heterocycles. The standard InChI is InChI=1S/C20H23NO5/c1-24-16-9-8-14(17(25-2)18(16)26-3)19(22)21-12-20(23)11-10-13-6-4-5-7-15(13)20/h4-9,23H,10-12H2,1-3H3,(H,21,22). The molecule has 1 aliphatic carbocycles. The van der Waals surface area contributed by atoms with Gasteiger partial charge in [-0.3, -0.25) is 4.79 Å². The third kappa shape index (κ3) is 3.08. The normalized spacial score (nSPS) is 18.2. The molecule has 0 bridgehead atoms. The van der Waals surface area contributed by atoms with Crippen LogP contribution < -0.4 is 19.5 Å². The summed E-state index contributed by atoms with van der Waals surface area (Å²) in [6, 6.07) is 11.0. The second-order valence-corrected chi connectivity index (χ2v) is 6.25. The van der Waals surface area contributed by atoms with Crippen molar-refractivity contribution in [3.8, 4) is 17.2 Å². The van der Waals surface area contributed by atoms with Crippen molar-refractivity contribution >= 4 is 5.91 Å². The van der Waals surface area contributed by atoms with E-state index in [0.29, 0.717) is 29.2 Å². The molecule has 2 aromatic rings. The van der Waals surface area contributed by atoms with Crippen LogP contribution in [0.4, 0.5) is 0 Å². The largest absolute Gasteiger partial charge is 0.493 e. The smallest absolute Gasteiger partial charge is 0.255 e. The van der Waals surface area contributed by atoms with Gasteiger partial charge in [0, 0.05) is 0 Å². The fourth-order valence-corrected chi connectivity index (χ4v) is 3.45. The summed E-state index contributed by atoms with van der Waals surface area (Å²) in [4.78, 5) is 12.7. The summed E-state index contributed by atoms with van der Waals surface area (Å²) in [5, 5.41) is 13.8. The van der Waals surface area contributed by atoms with Gasteiger partial charge in [0.25, 0.3) is 5.91 Å². The first-order chi connectivity index (χ1) is 12.5. The van der Waals surface area contributed by atoms with E-state index in [0.717, 1.165) is 17.5 Å². The molecule has 1 amide bonds. The van der Waals surface area contributed by atoms with Gasteiger partial charge in [-0.1, -0.05) is 24.3 Å². The van der Waals surface area contributed by atoms with Crippen LogP contribution in [0.5, 0.6) is 17.2 Å². The first kappa shape index (κ1) is 18.1. The van der Waals surface area contributed by atoms with Gasteiger partial charge in [0.15, 0.2) is 11.5 Å². The van der Waals surface area contributed by atoms with Crippen LogP contribution in [-0.2, 0) is 12.0 Å². The van der Waals surface area contributed by atoms with Gasteiger partial charge in [-0.2, -0.15) is 0 Å². The minimum atomic E-state index is -1.06. The molecule has 0 aromatic heterocycles. The Morgan fingerprint density at radius 1 is 1.08 bits per heavy atom. The number of aryl methyl sites for hydroxylation is 1. The number of hydrogen-bond acceptors (Lipinski definition) is 5. The highest BCUT2D eigenvalue weighted by molar-refractivity contribution is 5.98. The lowest BCUT2D eigenvalue weighted by molar-refractivity contribution is 0.0369. The Labute approximate surface area is 152 Å². The maximum atomic E-state index is 12.7. The zero-order valence-electron chi connectivity index (χ0n) is 15.2. The lowest BCUT2D eigenvalue weighted by atomic mass is 9.96. The van der Waals surface area contributed by atoms with Crippen LogP contribution in [0.3, 0.4) is 0 Å². The van der Waals surface area contributed by atoms with Crippen LogP contribution in [-0.4, -0.2) is 38.9 Å². The van der Waals surface area contributed by atoms with E-state index in [1.807, 2.05) is 24.3 Å². The Hall–Kier alpha value is -2.73. The molecule has 0 aliphatic heterocycles. The lowest BCUT2D eigenvalue weighted by Gasteiger charge is -2.25. The van der Waals surface area contributed by atoms with E-state index in [4.69, 9.17) is 14.2 Å². The predicted octanol–water partition coefficient (Wildman–Crippen LogP) is 2.28. The molecular formula is C20H23NO5. The van der Waals surface area contributed by atoms with E-state index >= 15 is 0 Å². The van der Waals surface area contributed by atoms with Gasteiger partial charge in [-0.15, -0.1) is 0 Å². The number of amides is 1. The fraction of sp³-hybridized carbons (Fsp3) is 0.350. The van der Waals surface area contributed by atoms with Crippen molar-refractivity contribution in [2.45, 2.75) is 18.4 Å². The quantitative estimate of drug-likeness (QED) is 0.829. The highest BCUT2D eigenvalue weighted by atomic mass is 16.5. The highest BCUT2D eigenvalue weighted by Crippen LogP contribution is 2.40. The summed E-state index contributed by atoms with van der Waals surface area (Å²) >= 11 is 0. The van der Waals surface area contributed by atoms with E-state index in [2.05, 4.69) is 5.32 Å². The summed E-state index contributed by atoms with van der Waals surface area (Å²) in [5.74, 6) is 0.778. The van der Waals surface area contributed by atoms with Gasteiger partial charge in [0.2, 0.25) is 5.75 Å². The van der Waals surface area contributed by atoms with Gasteiger partial charge in [0.1, 0.15) is 5.60 Å². The van der Waals surface area contributed by atoms with Gasteiger partial charge >= 0.3 is 0 Å². The van der Waals surface area contributed by atoms with Crippen LogP contribution in [0, 0.1) is 0 Å². The fourth-order valence-electron chi connectivity index (χ4n) is 3.45. The molecule has 0 heterocycles. The van der Waals surface area contributed by atoms with Gasteiger partial charge in [0.05, 0.1) is 33.4 Å². The molecule has 2 aromatic carbocycles. The lowest BCUT2D eigenvalue weighted by Crippen LogP contribution is -2.39. The summed E-state index contributed by atoms with van der Waals surface area (Å²) in [7, 11) is 4.47. The Kier molecular flexibility index (Phi) is 5.04. The topological polar surface area (TPSA) is 77.0 Å². The zero-order chi connectivity index (χ0) is 18.7. The molecule has 0 saturated carbocycles. The Bertz CT molecular complexity index is 820. The monoisotopic (exact) mass is 357 g/mol. The van der Waals surface area contributed by atoms with Crippen LogP contribution in [0.2, 0.25) is 0 Å². The maximum Gasteiger partial charge on any atom is 0.255 e. The number of fused-ring (bicyclic) bond motifs is 1. The number of aliphatic hydroxyl groups is 1. The van der Waals surface area contributed by atoms with E-state index < -0.39 is 5.60 Å². The first-order valence-corrected chi connectivity index (χ1v) is 8.42. The van der Waals surface area contributed by atoms with Crippen molar-refractivity contribution in [2.24, 2.45) is 0 Å². The van der Waals surface area contributed by atoms with Gasteiger partial charge in [-0.25, -0.2) is 0 Å². The van der Waals surface area contributed by atoms with Crippen LogP contribution in [0.15, 0.2) is 36.4 Å². The molecule has 1 unspecified atom stereocenters. The molecule has 3 rings (SSSR count). The molecule has 1 aliphatic rings. The number of rotatable bonds is 6. The Morgan fingerprint density at radius 2 is 1.81 bits per heavy atom. The maximum absolute atomic E-state index is 12.7. The molecular weight excluding hydrogens is 334 g/mol. The first-order valence-electron chi connectivity index (χ1n) is 8.42. The van der Waals surface area contributed by atoms with Crippen molar-refractivity contribution in [1.82, 2.24) is 5.32 Å². The molecule has 0 fully saturated rings. The average Bonchev–Trinajstić information content (AvgIpc) is 3.02. The Morgan fingerprint density at radius 3 is 2.50 bits per heavy atom. The highest BCUT2D eigenvalue weighted by Gasteiger charge is 2.37. The van der Waals surface area contributed by atoms with Crippen molar-refractivity contribution in [2.75, 3.05) is 27.9 Å². The van der Waals surface area contributed by atoms with E-state index in [9.17, 15) is 9.90 Å². The van der Waals surface area contributed by atoms with Gasteiger partial charge in [-0.05, 0) is 36.1 Å². The molecule has 26 heavy (non-hydrogen) atoms. The number of carbonyl (C=O) groups excluding carboxylic acids is 1. The number of ether oxygens (including phenoxy) is 3. The molecule has 6 nitrogen and oxygen atoms in total. The predicted molar refractivity (Wildman–Crippen MR) is 97.1 cm³/mol. The van der Waals surface area contributed by atoms with Crippen molar-refractivity contribution < 1.29 is 24.1 Å². The summed E-state index contributed by atoms with van der Waals surface area (Å²) in [6.45, 7) is 0.125. The van der Waals surface area contributed by atoms with Crippen LogP contribution in [0.25, 0.3) is 0 Å². The van der Waals surface area contributed by atoms with E-state index in [-0.39, 0.29) is 12.5 Å². The zero-order valence-corrected chi connectivity index (χ0v) is 15.2. The molecule has 0 spiro atoms. The number of benzene rings is 2. The third-order valence-electron chi connectivity index (χ3n) is 4.82. The second kappa shape index (κ2) is 7.25. The van der Waals surface area contributed by atoms with Crippen LogP contribution >= 0.6 is 0 Å². The molecule has 2 N–H and O–H groups in total. The number of carbonyl (C=O) groups is 1. The third-order valence-corrected chi connectivity index (χ3v) is 4.82. The molecule has 0 radical (unpaired) electrons. The minimum Gasteiger partial charge on any atom is -0.493 e. The number of methoxy groups -OCH3 is 3. The molecule has 1 atom stereocenters. The van der Waals surface area contributed by atoms with E-state index in [1.54, 1.807) is 12.1 Å². The Balaban J connectivity index is 1.81. The molecule has 6 heteroatoms. The summed E-state index contributed by atoms with van der Waals surface area (Å²) in [6.07, 6.45) is 1.37. The summed E-state index contributed by atoms with van der Waals surface area (Å²) in [5.41, 5.74) is 1.25. The van der Waals surface area contributed by atoms with Gasteiger partial charge < -0.3 is 24.6 Å². The number of nitrogens with one attached hydrogen (secondary N) is 1. The van der Waals surface area contributed by atoms with Crippen molar-refractivity contribution in [1.29, 1.82) is 0 Å².